The first-order valence-electron chi connectivity index (χ1n) is 6.20. The summed E-state index contributed by atoms with van der Waals surface area (Å²) < 4.78 is 5.29. The number of hydrogen-bond acceptors (Lipinski definition) is 3. The van der Waals surface area contributed by atoms with Gasteiger partial charge in [0.2, 0.25) is 0 Å². The summed E-state index contributed by atoms with van der Waals surface area (Å²) in [5.41, 5.74) is 3.58. The highest BCUT2D eigenvalue weighted by Crippen LogP contribution is 2.17. The first kappa shape index (κ1) is 13.1. The number of ether oxygens (including phenoxy) is 1. The zero-order valence-electron chi connectivity index (χ0n) is 11.1. The molecule has 1 N–H and O–H groups in total. The van der Waals surface area contributed by atoms with Crippen molar-refractivity contribution in [3.63, 3.8) is 0 Å². The topological polar surface area (TPSA) is 38.3 Å². The molecule has 3 nitrogen and oxygen atoms in total. The summed E-state index contributed by atoms with van der Waals surface area (Å²) in [5.74, 6) is -0.305. The number of esters is 1. The van der Waals surface area contributed by atoms with E-state index in [1.54, 1.807) is 6.07 Å². The van der Waals surface area contributed by atoms with Crippen molar-refractivity contribution in [3.8, 4) is 0 Å². The van der Waals surface area contributed by atoms with Crippen molar-refractivity contribution in [1.29, 1.82) is 0 Å². The fourth-order valence-electron chi connectivity index (χ4n) is 1.82. The fraction of sp³-hybridized carbons (Fsp3) is 0.188. The number of nitrogens with one attached hydrogen (secondary N) is 1. The van der Waals surface area contributed by atoms with E-state index in [1.165, 1.54) is 0 Å². The van der Waals surface area contributed by atoms with Crippen LogP contribution in [-0.2, 0) is 11.3 Å². The molecule has 0 atom stereocenters. The molecule has 0 aromatic heterocycles. The van der Waals surface area contributed by atoms with E-state index < -0.39 is 0 Å². The second kappa shape index (κ2) is 6.05. The summed E-state index contributed by atoms with van der Waals surface area (Å²) in [6.45, 7) is 2.29. The third kappa shape index (κ3) is 3.35. The summed E-state index contributed by atoms with van der Waals surface area (Å²) in [5, 5.41) is 3.06. The minimum absolute atomic E-state index is 0.294. The van der Waals surface area contributed by atoms with Crippen LogP contribution in [0, 0.1) is 6.92 Å². The van der Waals surface area contributed by atoms with Gasteiger partial charge in [0, 0.05) is 12.7 Å². The molecule has 98 valence electrons. The SMILES string of the molecule is CNc1cc(C(=O)OCc2ccccc2)ccc1C. The molecular weight excluding hydrogens is 238 g/mol. The van der Waals surface area contributed by atoms with Crippen molar-refractivity contribution in [2.45, 2.75) is 13.5 Å². The van der Waals surface area contributed by atoms with Crippen LogP contribution in [0.5, 0.6) is 0 Å². The van der Waals surface area contributed by atoms with E-state index in [4.69, 9.17) is 4.74 Å². The van der Waals surface area contributed by atoms with Crippen LogP contribution in [0.2, 0.25) is 0 Å². The summed E-state index contributed by atoms with van der Waals surface area (Å²) in [6, 6.07) is 15.1. The number of rotatable bonds is 4. The lowest BCUT2D eigenvalue weighted by Gasteiger charge is -2.08. The van der Waals surface area contributed by atoms with Crippen LogP contribution < -0.4 is 5.32 Å². The zero-order chi connectivity index (χ0) is 13.7. The summed E-state index contributed by atoms with van der Waals surface area (Å²) in [4.78, 5) is 11.9. The molecule has 0 bridgehead atoms. The van der Waals surface area contributed by atoms with Gasteiger partial charge >= 0.3 is 5.97 Å². The second-order valence-corrected chi connectivity index (χ2v) is 4.34. The van der Waals surface area contributed by atoms with Crippen molar-refractivity contribution in [3.05, 3.63) is 65.2 Å². The smallest absolute Gasteiger partial charge is 0.338 e. The van der Waals surface area contributed by atoms with Gasteiger partial charge in [-0.15, -0.1) is 0 Å². The molecule has 0 aliphatic carbocycles. The zero-order valence-corrected chi connectivity index (χ0v) is 11.1. The van der Waals surface area contributed by atoms with Gasteiger partial charge in [0.15, 0.2) is 0 Å². The maximum Gasteiger partial charge on any atom is 0.338 e. The number of carbonyl (C=O) groups excluding carboxylic acids is 1. The summed E-state index contributed by atoms with van der Waals surface area (Å²) in [6.07, 6.45) is 0. The van der Waals surface area contributed by atoms with Gasteiger partial charge < -0.3 is 10.1 Å². The summed E-state index contributed by atoms with van der Waals surface area (Å²) in [7, 11) is 1.83. The first-order valence-corrected chi connectivity index (χ1v) is 6.20. The number of aryl methyl sites for hydroxylation is 1. The van der Waals surface area contributed by atoms with Crippen molar-refractivity contribution >= 4 is 11.7 Å². The molecule has 3 heteroatoms. The van der Waals surface area contributed by atoms with Gasteiger partial charge in [0.1, 0.15) is 6.61 Å². The van der Waals surface area contributed by atoms with Crippen molar-refractivity contribution in [1.82, 2.24) is 0 Å². The van der Waals surface area contributed by atoms with Crippen LogP contribution in [0.25, 0.3) is 0 Å². The minimum Gasteiger partial charge on any atom is -0.457 e. The second-order valence-electron chi connectivity index (χ2n) is 4.34. The van der Waals surface area contributed by atoms with E-state index in [9.17, 15) is 4.79 Å². The molecule has 0 aliphatic rings. The monoisotopic (exact) mass is 255 g/mol. The van der Waals surface area contributed by atoms with Gasteiger partial charge in [-0.25, -0.2) is 4.79 Å². The van der Waals surface area contributed by atoms with Gasteiger partial charge in [-0.1, -0.05) is 36.4 Å². The highest BCUT2D eigenvalue weighted by Gasteiger charge is 2.09. The highest BCUT2D eigenvalue weighted by atomic mass is 16.5. The molecular formula is C16H17NO2. The Bertz CT molecular complexity index is 564. The van der Waals surface area contributed by atoms with E-state index >= 15 is 0 Å². The molecule has 2 aromatic rings. The van der Waals surface area contributed by atoms with Crippen molar-refractivity contribution in [2.75, 3.05) is 12.4 Å². The Morgan fingerprint density at radius 2 is 1.89 bits per heavy atom. The lowest BCUT2D eigenvalue weighted by Crippen LogP contribution is -2.06. The number of carbonyl (C=O) groups is 1. The Hall–Kier alpha value is -2.29. The largest absolute Gasteiger partial charge is 0.457 e. The molecule has 0 fully saturated rings. The number of anilines is 1. The maximum absolute atomic E-state index is 11.9. The molecule has 0 radical (unpaired) electrons. The predicted octanol–water partition coefficient (Wildman–Crippen LogP) is 3.39. The van der Waals surface area contributed by atoms with Crippen molar-refractivity contribution in [2.24, 2.45) is 0 Å². The van der Waals surface area contributed by atoms with Crippen molar-refractivity contribution < 1.29 is 9.53 Å². The normalized spacial score (nSPS) is 10.0. The van der Waals surface area contributed by atoms with E-state index in [0.717, 1.165) is 16.8 Å². The van der Waals surface area contributed by atoms with Crippen LogP contribution >= 0.6 is 0 Å². The number of benzene rings is 2. The van der Waals surface area contributed by atoms with Gasteiger partial charge in [0.25, 0.3) is 0 Å². The molecule has 0 saturated heterocycles. The molecule has 0 unspecified atom stereocenters. The van der Waals surface area contributed by atoms with Gasteiger partial charge in [-0.3, -0.25) is 0 Å². The quantitative estimate of drug-likeness (QED) is 0.851. The standard InChI is InChI=1S/C16H17NO2/c1-12-8-9-14(10-15(12)17-2)16(18)19-11-13-6-4-3-5-7-13/h3-10,17H,11H2,1-2H3. The van der Waals surface area contributed by atoms with E-state index in [2.05, 4.69) is 5.32 Å². The van der Waals surface area contributed by atoms with Crippen LogP contribution in [0.3, 0.4) is 0 Å². The predicted molar refractivity (Wildman–Crippen MR) is 76.3 cm³/mol. The first-order chi connectivity index (χ1) is 9.20. The van der Waals surface area contributed by atoms with Crippen LogP contribution in [-0.4, -0.2) is 13.0 Å². The molecule has 0 amide bonds. The van der Waals surface area contributed by atoms with E-state index in [1.807, 2.05) is 56.4 Å². The molecule has 2 rings (SSSR count). The Morgan fingerprint density at radius 1 is 1.16 bits per heavy atom. The molecule has 0 aliphatic heterocycles. The minimum atomic E-state index is -0.305. The van der Waals surface area contributed by atoms with Gasteiger partial charge in [-0.05, 0) is 30.2 Å². The van der Waals surface area contributed by atoms with Gasteiger partial charge in [-0.2, -0.15) is 0 Å². The molecule has 19 heavy (non-hydrogen) atoms. The average Bonchev–Trinajstić information content (AvgIpc) is 2.46. The third-order valence-electron chi connectivity index (χ3n) is 2.96. The Morgan fingerprint density at radius 3 is 2.58 bits per heavy atom. The van der Waals surface area contributed by atoms with Crippen LogP contribution in [0.15, 0.2) is 48.5 Å². The van der Waals surface area contributed by atoms with Crippen LogP contribution in [0.1, 0.15) is 21.5 Å². The number of hydrogen-bond donors (Lipinski definition) is 1. The molecule has 0 saturated carbocycles. The lowest BCUT2D eigenvalue weighted by molar-refractivity contribution is 0.0473. The molecule has 0 spiro atoms. The van der Waals surface area contributed by atoms with Gasteiger partial charge in [0.05, 0.1) is 5.56 Å². The van der Waals surface area contributed by atoms with E-state index in [0.29, 0.717) is 12.2 Å². The average molecular weight is 255 g/mol. The van der Waals surface area contributed by atoms with E-state index in [-0.39, 0.29) is 5.97 Å². The highest BCUT2D eigenvalue weighted by molar-refractivity contribution is 5.90. The fourth-order valence-corrected chi connectivity index (χ4v) is 1.82. The Labute approximate surface area is 113 Å². The Balaban J connectivity index is 2.04. The lowest BCUT2D eigenvalue weighted by atomic mass is 10.1. The van der Waals surface area contributed by atoms with Crippen LogP contribution in [0.4, 0.5) is 5.69 Å². The maximum atomic E-state index is 11.9. The third-order valence-corrected chi connectivity index (χ3v) is 2.96. The molecule has 0 heterocycles. The molecule has 2 aromatic carbocycles. The Kier molecular flexibility index (Phi) is 4.18. The summed E-state index contributed by atoms with van der Waals surface area (Å²) >= 11 is 0.